The third-order valence-corrected chi connectivity index (χ3v) is 4.42. The van der Waals surface area contributed by atoms with Gasteiger partial charge in [-0.1, -0.05) is 17.3 Å². The SMILES string of the molecule is O=C(O)c1cc(Br)c(OCCn2ccnn2)c(-c2cccc(C(F)(F)F)c2)c1. The van der Waals surface area contributed by atoms with Crippen LogP contribution < -0.4 is 4.74 Å². The summed E-state index contributed by atoms with van der Waals surface area (Å²) in [5.41, 5.74) is -0.496. The molecule has 3 aromatic rings. The third kappa shape index (κ3) is 4.50. The van der Waals surface area contributed by atoms with Crippen molar-refractivity contribution in [1.82, 2.24) is 15.0 Å². The molecule has 0 saturated carbocycles. The molecule has 0 atom stereocenters. The van der Waals surface area contributed by atoms with Crippen LogP contribution in [0.2, 0.25) is 0 Å². The number of benzene rings is 2. The molecule has 3 rings (SSSR count). The highest BCUT2D eigenvalue weighted by atomic mass is 79.9. The van der Waals surface area contributed by atoms with E-state index in [1.807, 2.05) is 0 Å². The zero-order chi connectivity index (χ0) is 20.3. The van der Waals surface area contributed by atoms with Gasteiger partial charge in [0, 0.05) is 11.8 Å². The van der Waals surface area contributed by atoms with E-state index in [1.165, 1.54) is 35.1 Å². The Hall–Kier alpha value is -2.88. The number of rotatable bonds is 6. The average Bonchev–Trinajstić information content (AvgIpc) is 3.15. The molecule has 1 aromatic heterocycles. The first-order chi connectivity index (χ1) is 13.3. The van der Waals surface area contributed by atoms with Crippen LogP contribution in [0.15, 0.2) is 53.3 Å². The van der Waals surface area contributed by atoms with Gasteiger partial charge in [-0.05, 0) is 45.8 Å². The topological polar surface area (TPSA) is 77.2 Å². The lowest BCUT2D eigenvalue weighted by Crippen LogP contribution is -2.10. The lowest BCUT2D eigenvalue weighted by Gasteiger charge is -2.16. The molecule has 1 heterocycles. The Labute approximate surface area is 165 Å². The number of carboxylic acids is 1. The number of alkyl halides is 3. The largest absolute Gasteiger partial charge is 0.490 e. The van der Waals surface area contributed by atoms with Crippen molar-refractivity contribution in [3.63, 3.8) is 0 Å². The summed E-state index contributed by atoms with van der Waals surface area (Å²) >= 11 is 3.26. The van der Waals surface area contributed by atoms with Crippen molar-refractivity contribution in [2.24, 2.45) is 0 Å². The van der Waals surface area contributed by atoms with Crippen molar-refractivity contribution in [3.8, 4) is 16.9 Å². The van der Waals surface area contributed by atoms with Crippen molar-refractivity contribution in [2.45, 2.75) is 12.7 Å². The molecule has 1 N–H and O–H groups in total. The van der Waals surface area contributed by atoms with Gasteiger partial charge in [0.1, 0.15) is 12.4 Å². The number of aromatic nitrogens is 3. The minimum Gasteiger partial charge on any atom is -0.490 e. The first-order valence-corrected chi connectivity index (χ1v) is 8.76. The lowest BCUT2D eigenvalue weighted by molar-refractivity contribution is -0.137. The summed E-state index contributed by atoms with van der Waals surface area (Å²) in [5.74, 6) is -0.965. The number of hydrogen-bond acceptors (Lipinski definition) is 4. The van der Waals surface area contributed by atoms with E-state index >= 15 is 0 Å². The van der Waals surface area contributed by atoms with E-state index in [2.05, 4.69) is 26.2 Å². The predicted octanol–water partition coefficient (Wildman–Crippen LogP) is 4.50. The molecule has 0 radical (unpaired) electrons. The number of ether oxygens (including phenoxy) is 1. The fraction of sp³-hybridized carbons (Fsp3) is 0.167. The molecule has 0 aliphatic carbocycles. The maximum atomic E-state index is 13.1. The summed E-state index contributed by atoms with van der Waals surface area (Å²) < 4.78 is 46.8. The predicted molar refractivity (Wildman–Crippen MR) is 97.1 cm³/mol. The highest BCUT2D eigenvalue weighted by molar-refractivity contribution is 9.10. The Morgan fingerprint density at radius 2 is 2.04 bits per heavy atom. The summed E-state index contributed by atoms with van der Waals surface area (Å²) in [6.07, 6.45) is -1.38. The molecular formula is C18H13BrF3N3O3. The van der Waals surface area contributed by atoms with E-state index in [-0.39, 0.29) is 29.0 Å². The van der Waals surface area contributed by atoms with Crippen LogP contribution in [0.5, 0.6) is 5.75 Å². The van der Waals surface area contributed by atoms with E-state index in [4.69, 9.17) is 4.74 Å². The molecule has 0 bridgehead atoms. The van der Waals surface area contributed by atoms with E-state index in [1.54, 1.807) is 6.20 Å². The minimum absolute atomic E-state index is 0.0806. The quantitative estimate of drug-likeness (QED) is 0.591. The zero-order valence-electron chi connectivity index (χ0n) is 14.2. The standard InChI is InChI=1S/C18H13BrF3N3O3/c19-15-10-12(17(26)27)9-14(11-2-1-3-13(8-11)18(20,21)22)16(15)28-7-6-25-5-4-23-24-25/h1-5,8-10H,6-7H2,(H,26,27). The highest BCUT2D eigenvalue weighted by Crippen LogP contribution is 2.40. The van der Waals surface area contributed by atoms with Gasteiger partial charge in [-0.3, -0.25) is 0 Å². The van der Waals surface area contributed by atoms with Crippen LogP contribution in [0.4, 0.5) is 13.2 Å². The lowest BCUT2D eigenvalue weighted by atomic mass is 9.99. The van der Waals surface area contributed by atoms with Crippen molar-refractivity contribution in [1.29, 1.82) is 0 Å². The van der Waals surface area contributed by atoms with Crippen LogP contribution in [0.25, 0.3) is 11.1 Å². The molecule has 0 unspecified atom stereocenters. The smallest absolute Gasteiger partial charge is 0.416 e. The van der Waals surface area contributed by atoms with Crippen LogP contribution in [0.1, 0.15) is 15.9 Å². The van der Waals surface area contributed by atoms with E-state index in [9.17, 15) is 23.1 Å². The number of aromatic carboxylic acids is 1. The fourth-order valence-electron chi connectivity index (χ4n) is 2.53. The summed E-state index contributed by atoms with van der Waals surface area (Å²) in [7, 11) is 0. The summed E-state index contributed by atoms with van der Waals surface area (Å²) in [5, 5.41) is 16.8. The van der Waals surface area contributed by atoms with Gasteiger partial charge < -0.3 is 9.84 Å². The summed E-state index contributed by atoms with van der Waals surface area (Å²) in [6, 6.07) is 7.26. The van der Waals surface area contributed by atoms with E-state index < -0.39 is 17.7 Å². The first-order valence-electron chi connectivity index (χ1n) is 7.97. The molecule has 0 aliphatic rings. The molecule has 0 spiro atoms. The van der Waals surface area contributed by atoms with Crippen LogP contribution in [-0.4, -0.2) is 32.7 Å². The van der Waals surface area contributed by atoms with Gasteiger partial charge in [-0.2, -0.15) is 13.2 Å². The minimum atomic E-state index is -4.52. The number of nitrogens with zero attached hydrogens (tertiary/aromatic N) is 3. The first kappa shape index (κ1) is 19.9. The summed E-state index contributed by atoms with van der Waals surface area (Å²) in [6.45, 7) is 0.509. The number of carboxylic acid groups (broad SMARTS) is 1. The van der Waals surface area contributed by atoms with Gasteiger partial charge in [-0.25, -0.2) is 9.48 Å². The Balaban J connectivity index is 2.00. The van der Waals surface area contributed by atoms with Gasteiger partial charge in [0.25, 0.3) is 0 Å². The second-order valence-corrected chi connectivity index (χ2v) is 6.59. The Morgan fingerprint density at radius 3 is 2.68 bits per heavy atom. The van der Waals surface area contributed by atoms with Gasteiger partial charge in [0.15, 0.2) is 0 Å². The molecule has 10 heteroatoms. The van der Waals surface area contributed by atoms with Crippen LogP contribution in [0.3, 0.4) is 0 Å². The molecule has 0 saturated heterocycles. The van der Waals surface area contributed by atoms with Gasteiger partial charge in [0.05, 0.1) is 28.3 Å². The van der Waals surface area contributed by atoms with E-state index in [0.29, 0.717) is 11.0 Å². The Morgan fingerprint density at radius 1 is 1.25 bits per heavy atom. The number of hydrogen-bond donors (Lipinski definition) is 1. The molecule has 0 amide bonds. The number of carbonyl (C=O) groups is 1. The van der Waals surface area contributed by atoms with Gasteiger partial charge >= 0.3 is 12.1 Å². The fourth-order valence-corrected chi connectivity index (χ4v) is 3.11. The molecule has 0 fully saturated rings. The van der Waals surface area contributed by atoms with Crippen molar-refractivity contribution >= 4 is 21.9 Å². The Bertz CT molecular complexity index is 991. The maximum Gasteiger partial charge on any atom is 0.416 e. The molecule has 2 aromatic carbocycles. The van der Waals surface area contributed by atoms with Crippen molar-refractivity contribution < 1.29 is 27.8 Å². The molecule has 146 valence electrons. The van der Waals surface area contributed by atoms with Crippen LogP contribution in [0, 0.1) is 0 Å². The molecule has 0 aliphatic heterocycles. The second kappa shape index (κ2) is 8.01. The van der Waals surface area contributed by atoms with Crippen molar-refractivity contribution in [3.05, 3.63) is 64.4 Å². The normalized spacial score (nSPS) is 11.4. The van der Waals surface area contributed by atoms with Gasteiger partial charge in [-0.15, -0.1) is 5.10 Å². The second-order valence-electron chi connectivity index (χ2n) is 5.73. The molecule has 6 nitrogen and oxygen atoms in total. The highest BCUT2D eigenvalue weighted by Gasteiger charge is 2.30. The van der Waals surface area contributed by atoms with Crippen LogP contribution >= 0.6 is 15.9 Å². The summed E-state index contributed by atoms with van der Waals surface area (Å²) in [4.78, 5) is 11.4. The average molecular weight is 456 g/mol. The monoisotopic (exact) mass is 455 g/mol. The van der Waals surface area contributed by atoms with Gasteiger partial charge in [0.2, 0.25) is 0 Å². The van der Waals surface area contributed by atoms with Crippen molar-refractivity contribution in [2.75, 3.05) is 6.61 Å². The third-order valence-electron chi connectivity index (χ3n) is 3.83. The van der Waals surface area contributed by atoms with E-state index in [0.717, 1.165) is 12.1 Å². The maximum absolute atomic E-state index is 13.1. The molecule has 28 heavy (non-hydrogen) atoms. The zero-order valence-corrected chi connectivity index (χ0v) is 15.7. The van der Waals surface area contributed by atoms with Crippen LogP contribution in [-0.2, 0) is 12.7 Å². The molecular weight excluding hydrogens is 443 g/mol. The Kier molecular flexibility index (Phi) is 5.68. The number of halogens is 4.